The minimum Gasteiger partial charge on any atom is -0.325 e. The molecule has 0 radical (unpaired) electrons. The highest BCUT2D eigenvalue weighted by Gasteiger charge is 2.25. The summed E-state index contributed by atoms with van der Waals surface area (Å²) in [6, 6.07) is 3.15. The number of hydrogen-bond donors (Lipinski definition) is 2. The summed E-state index contributed by atoms with van der Waals surface area (Å²) >= 11 is 0. The summed E-state index contributed by atoms with van der Waals surface area (Å²) in [6.07, 6.45) is 2.19. The molecule has 0 saturated carbocycles. The van der Waals surface area contributed by atoms with Crippen LogP contribution >= 0.6 is 0 Å². The molecule has 1 aromatic heterocycles. The van der Waals surface area contributed by atoms with Crippen LogP contribution in [0.3, 0.4) is 0 Å². The molecule has 0 amide bonds. The second-order valence-corrected chi connectivity index (χ2v) is 6.27. The highest BCUT2D eigenvalue weighted by atomic mass is 32.2. The third-order valence-corrected chi connectivity index (χ3v) is 4.54. The van der Waals surface area contributed by atoms with Crippen molar-refractivity contribution in [2.75, 3.05) is 20.1 Å². The van der Waals surface area contributed by atoms with Crippen LogP contribution in [0.25, 0.3) is 0 Å². The third-order valence-electron chi connectivity index (χ3n) is 3.03. The zero-order valence-corrected chi connectivity index (χ0v) is 11.2. The van der Waals surface area contributed by atoms with Gasteiger partial charge in [0, 0.05) is 25.3 Å². The van der Waals surface area contributed by atoms with Gasteiger partial charge in [0.05, 0.1) is 5.69 Å². The smallest absolute Gasteiger partial charge is 0.242 e. The van der Waals surface area contributed by atoms with Gasteiger partial charge < -0.3 is 10.6 Å². The van der Waals surface area contributed by atoms with Gasteiger partial charge in [0.2, 0.25) is 10.0 Å². The summed E-state index contributed by atoms with van der Waals surface area (Å²) in [5.74, 6) is 0. The summed E-state index contributed by atoms with van der Waals surface area (Å²) in [7, 11) is -1.49. The van der Waals surface area contributed by atoms with Crippen molar-refractivity contribution in [1.29, 1.82) is 0 Å². The van der Waals surface area contributed by atoms with E-state index in [0.29, 0.717) is 12.2 Å². The number of hydrogen-bond acceptors (Lipinski definition) is 5. The minimum absolute atomic E-state index is 0.0193. The Morgan fingerprint density at radius 2 is 2.33 bits per heavy atom. The maximum Gasteiger partial charge on any atom is 0.242 e. The highest BCUT2D eigenvalue weighted by Crippen LogP contribution is 2.12. The predicted octanol–water partition coefficient (Wildman–Crippen LogP) is -0.477. The van der Waals surface area contributed by atoms with Crippen molar-refractivity contribution >= 4 is 10.0 Å². The van der Waals surface area contributed by atoms with Gasteiger partial charge in [-0.05, 0) is 32.1 Å². The molecule has 1 aliphatic heterocycles. The summed E-state index contributed by atoms with van der Waals surface area (Å²) < 4.78 is 26.9. The Morgan fingerprint density at radius 3 is 2.83 bits per heavy atom. The fraction of sp³-hybridized carbons (Fsp3) is 0.545. The SMILES string of the molecule is CN1CCC(NS(=O)(=O)c2ccc(CN)nc2)C1. The van der Waals surface area contributed by atoms with E-state index in [-0.39, 0.29) is 10.9 Å². The maximum atomic E-state index is 12.1. The Balaban J connectivity index is 2.10. The number of nitrogens with two attached hydrogens (primary N) is 1. The fourth-order valence-corrected chi connectivity index (χ4v) is 3.22. The van der Waals surface area contributed by atoms with Crippen LogP contribution in [0.5, 0.6) is 0 Å². The zero-order valence-electron chi connectivity index (χ0n) is 10.3. The second kappa shape index (κ2) is 5.31. The standard InChI is InChI=1S/C11H18N4O2S/c1-15-5-4-10(8-15)14-18(16,17)11-3-2-9(6-12)13-7-11/h2-3,7,10,14H,4-6,8,12H2,1H3. The van der Waals surface area contributed by atoms with Crippen molar-refractivity contribution in [2.45, 2.75) is 23.9 Å². The summed E-state index contributed by atoms with van der Waals surface area (Å²) in [5, 5.41) is 0. The summed E-state index contributed by atoms with van der Waals surface area (Å²) in [6.45, 7) is 1.96. The molecule has 3 N–H and O–H groups in total. The molecule has 100 valence electrons. The van der Waals surface area contributed by atoms with Crippen LogP contribution in [-0.2, 0) is 16.6 Å². The molecule has 1 atom stereocenters. The van der Waals surface area contributed by atoms with E-state index in [4.69, 9.17) is 5.73 Å². The van der Waals surface area contributed by atoms with E-state index >= 15 is 0 Å². The van der Waals surface area contributed by atoms with Gasteiger partial charge in [0.1, 0.15) is 4.90 Å². The second-order valence-electron chi connectivity index (χ2n) is 4.56. The Morgan fingerprint density at radius 1 is 1.56 bits per heavy atom. The first-order valence-corrected chi connectivity index (χ1v) is 7.35. The van der Waals surface area contributed by atoms with Crippen LogP contribution in [0.15, 0.2) is 23.2 Å². The van der Waals surface area contributed by atoms with Crippen molar-refractivity contribution in [3.8, 4) is 0 Å². The number of aromatic nitrogens is 1. The number of pyridine rings is 1. The Kier molecular flexibility index (Phi) is 3.96. The topological polar surface area (TPSA) is 88.3 Å². The molecule has 1 unspecified atom stereocenters. The molecule has 1 aliphatic rings. The molecule has 6 nitrogen and oxygen atoms in total. The molecule has 0 bridgehead atoms. The Bertz CT molecular complexity index is 500. The lowest BCUT2D eigenvalue weighted by Crippen LogP contribution is -2.36. The quantitative estimate of drug-likeness (QED) is 0.771. The molecular weight excluding hydrogens is 252 g/mol. The Hall–Kier alpha value is -1.02. The molecule has 0 aromatic carbocycles. The number of nitrogens with zero attached hydrogens (tertiary/aromatic N) is 2. The van der Waals surface area contributed by atoms with Gasteiger partial charge in [0.25, 0.3) is 0 Å². The zero-order chi connectivity index (χ0) is 13.2. The Labute approximate surface area is 107 Å². The molecule has 1 aromatic rings. The lowest BCUT2D eigenvalue weighted by atomic mass is 10.3. The first kappa shape index (κ1) is 13.4. The van der Waals surface area contributed by atoms with Crippen molar-refractivity contribution in [1.82, 2.24) is 14.6 Å². The van der Waals surface area contributed by atoms with Crippen LogP contribution in [0.4, 0.5) is 0 Å². The number of likely N-dealkylation sites (tertiary alicyclic amines) is 1. The van der Waals surface area contributed by atoms with E-state index < -0.39 is 10.0 Å². The first-order valence-electron chi connectivity index (χ1n) is 5.87. The number of rotatable bonds is 4. The lowest BCUT2D eigenvalue weighted by molar-refractivity contribution is 0.407. The van der Waals surface area contributed by atoms with Crippen LogP contribution in [-0.4, -0.2) is 44.5 Å². The predicted molar refractivity (Wildman–Crippen MR) is 68.4 cm³/mol. The van der Waals surface area contributed by atoms with Crippen molar-refractivity contribution < 1.29 is 8.42 Å². The van der Waals surface area contributed by atoms with Gasteiger partial charge in [0.15, 0.2) is 0 Å². The molecule has 0 aliphatic carbocycles. The molecular formula is C11H18N4O2S. The maximum absolute atomic E-state index is 12.1. The number of likely N-dealkylation sites (N-methyl/N-ethyl adjacent to an activating group) is 1. The third kappa shape index (κ3) is 3.05. The lowest BCUT2D eigenvalue weighted by Gasteiger charge is -2.13. The van der Waals surface area contributed by atoms with Gasteiger partial charge in [-0.2, -0.15) is 0 Å². The molecule has 1 saturated heterocycles. The fourth-order valence-electron chi connectivity index (χ4n) is 2.01. The normalized spacial score (nSPS) is 21.3. The number of sulfonamides is 1. The molecule has 2 heterocycles. The first-order chi connectivity index (χ1) is 8.51. The molecule has 7 heteroatoms. The van der Waals surface area contributed by atoms with Crippen molar-refractivity contribution in [3.05, 3.63) is 24.0 Å². The molecule has 18 heavy (non-hydrogen) atoms. The minimum atomic E-state index is -3.47. The monoisotopic (exact) mass is 270 g/mol. The average Bonchev–Trinajstić information content (AvgIpc) is 2.74. The van der Waals surface area contributed by atoms with Crippen molar-refractivity contribution in [2.24, 2.45) is 5.73 Å². The number of nitrogens with one attached hydrogen (secondary N) is 1. The molecule has 1 fully saturated rings. The average molecular weight is 270 g/mol. The van der Waals surface area contributed by atoms with E-state index in [1.54, 1.807) is 6.07 Å². The van der Waals surface area contributed by atoms with Gasteiger partial charge in [-0.3, -0.25) is 4.98 Å². The van der Waals surface area contributed by atoms with Gasteiger partial charge in [-0.15, -0.1) is 0 Å². The van der Waals surface area contributed by atoms with E-state index in [9.17, 15) is 8.42 Å². The van der Waals surface area contributed by atoms with Crippen LogP contribution < -0.4 is 10.5 Å². The van der Waals surface area contributed by atoms with E-state index in [1.165, 1.54) is 12.3 Å². The van der Waals surface area contributed by atoms with Gasteiger partial charge in [-0.1, -0.05) is 0 Å². The van der Waals surface area contributed by atoms with Crippen molar-refractivity contribution in [3.63, 3.8) is 0 Å². The van der Waals surface area contributed by atoms with E-state index in [2.05, 4.69) is 14.6 Å². The summed E-state index contributed by atoms with van der Waals surface area (Å²) in [5.41, 5.74) is 6.10. The highest BCUT2D eigenvalue weighted by molar-refractivity contribution is 7.89. The largest absolute Gasteiger partial charge is 0.325 e. The van der Waals surface area contributed by atoms with Gasteiger partial charge in [-0.25, -0.2) is 13.1 Å². The van der Waals surface area contributed by atoms with E-state index in [1.807, 2.05) is 7.05 Å². The molecule has 2 rings (SSSR count). The van der Waals surface area contributed by atoms with E-state index in [0.717, 1.165) is 19.5 Å². The summed E-state index contributed by atoms with van der Waals surface area (Å²) in [4.78, 5) is 6.29. The molecule has 0 spiro atoms. The van der Waals surface area contributed by atoms with Crippen LogP contribution in [0.1, 0.15) is 12.1 Å². The van der Waals surface area contributed by atoms with Gasteiger partial charge >= 0.3 is 0 Å². The van der Waals surface area contributed by atoms with Crippen LogP contribution in [0, 0.1) is 0 Å². The van der Waals surface area contributed by atoms with Crippen LogP contribution in [0.2, 0.25) is 0 Å².